The monoisotopic (exact) mass is 279 g/mol. The number of amides is 1. The lowest BCUT2D eigenvalue weighted by atomic mass is 10.0. The number of piperidine rings is 1. The number of anilines is 1. The van der Waals surface area contributed by atoms with Crippen molar-refractivity contribution < 1.29 is 4.79 Å². The first-order valence-electron chi connectivity index (χ1n) is 7.44. The molecule has 0 aromatic carbocycles. The molecule has 1 amide bonds. The number of nitrogens with one attached hydrogen (secondary N) is 2. The van der Waals surface area contributed by atoms with E-state index in [-0.39, 0.29) is 5.91 Å². The van der Waals surface area contributed by atoms with E-state index in [0.717, 1.165) is 31.5 Å². The van der Waals surface area contributed by atoms with E-state index in [1.54, 1.807) is 0 Å². The van der Waals surface area contributed by atoms with Gasteiger partial charge in [-0.25, -0.2) is 0 Å². The van der Waals surface area contributed by atoms with E-state index < -0.39 is 0 Å². The number of nitrogen functional groups attached to an aromatic ring is 1. The third-order valence-corrected chi connectivity index (χ3v) is 4.02. The smallest absolute Gasteiger partial charge is 0.273 e. The molecule has 1 aromatic rings. The van der Waals surface area contributed by atoms with E-state index in [0.29, 0.717) is 24.0 Å². The molecule has 1 unspecified atom stereocenters. The minimum atomic E-state index is -0.180. The summed E-state index contributed by atoms with van der Waals surface area (Å²) < 4.78 is 0. The summed E-state index contributed by atoms with van der Waals surface area (Å²) in [6.45, 7) is 3.83. The molecule has 0 saturated carbocycles. The van der Waals surface area contributed by atoms with Crippen LogP contribution in [0, 0.1) is 0 Å². The summed E-state index contributed by atoms with van der Waals surface area (Å²) >= 11 is 0. The fourth-order valence-electron chi connectivity index (χ4n) is 2.70. The van der Waals surface area contributed by atoms with Crippen molar-refractivity contribution in [3.8, 4) is 0 Å². The Kier molecular flexibility index (Phi) is 5.00. The van der Waals surface area contributed by atoms with Gasteiger partial charge in [-0.15, -0.1) is 0 Å². The molecule has 112 valence electrons. The molecule has 6 nitrogen and oxygen atoms in total. The number of likely N-dealkylation sites (tertiary alicyclic amines) is 1. The molecule has 0 spiro atoms. The molecule has 6 heteroatoms. The Morgan fingerprint density at radius 1 is 1.55 bits per heavy atom. The van der Waals surface area contributed by atoms with Gasteiger partial charge in [0.1, 0.15) is 0 Å². The zero-order valence-corrected chi connectivity index (χ0v) is 12.4. The second-order valence-electron chi connectivity index (χ2n) is 5.55. The van der Waals surface area contributed by atoms with E-state index >= 15 is 0 Å². The molecular weight excluding hydrogens is 254 g/mol. The number of likely N-dealkylation sites (N-methyl/N-ethyl adjacent to an activating group) is 1. The van der Waals surface area contributed by atoms with Crippen LogP contribution in [0.15, 0.2) is 0 Å². The number of H-pyrrole nitrogens is 1. The molecule has 1 aromatic heterocycles. The Labute approximate surface area is 120 Å². The van der Waals surface area contributed by atoms with Gasteiger partial charge >= 0.3 is 0 Å². The Hall–Kier alpha value is -1.56. The predicted octanol–water partition coefficient (Wildman–Crippen LogP) is 1.16. The Morgan fingerprint density at radius 2 is 2.35 bits per heavy atom. The average Bonchev–Trinajstić information content (AvgIpc) is 2.80. The number of aromatic amines is 1. The minimum absolute atomic E-state index is 0.180. The highest BCUT2D eigenvalue weighted by molar-refractivity contribution is 5.97. The quantitative estimate of drug-likeness (QED) is 0.755. The number of hydrogen-bond acceptors (Lipinski definition) is 4. The van der Waals surface area contributed by atoms with Crippen molar-refractivity contribution in [2.24, 2.45) is 0 Å². The third-order valence-electron chi connectivity index (χ3n) is 4.02. The third kappa shape index (κ3) is 3.30. The number of aromatic nitrogens is 2. The topological polar surface area (TPSA) is 87.0 Å². The zero-order chi connectivity index (χ0) is 14.5. The summed E-state index contributed by atoms with van der Waals surface area (Å²) in [6, 6.07) is 0.419. The molecule has 0 aliphatic carbocycles. The van der Waals surface area contributed by atoms with Crippen LogP contribution in [0.4, 0.5) is 5.69 Å². The minimum Gasteiger partial charge on any atom is -0.395 e. The number of carbonyl (C=O) groups excluding carboxylic acids is 1. The number of hydrogen-bond donors (Lipinski definition) is 3. The van der Waals surface area contributed by atoms with Crippen LogP contribution in [0.5, 0.6) is 0 Å². The summed E-state index contributed by atoms with van der Waals surface area (Å²) in [6.07, 6.45) is 5.40. The highest BCUT2D eigenvalue weighted by Crippen LogP contribution is 2.17. The van der Waals surface area contributed by atoms with Gasteiger partial charge in [-0.2, -0.15) is 5.10 Å². The first-order chi connectivity index (χ1) is 9.63. The van der Waals surface area contributed by atoms with Gasteiger partial charge in [0.15, 0.2) is 5.69 Å². The van der Waals surface area contributed by atoms with E-state index in [2.05, 4.69) is 34.4 Å². The fraction of sp³-hybridized carbons (Fsp3) is 0.714. The van der Waals surface area contributed by atoms with Crippen LogP contribution in [0.1, 0.15) is 48.8 Å². The molecule has 4 N–H and O–H groups in total. The molecule has 0 radical (unpaired) electrons. The molecular formula is C14H25N5O. The summed E-state index contributed by atoms with van der Waals surface area (Å²) in [5.74, 6) is -0.180. The number of nitrogens with zero attached hydrogens (tertiary/aromatic N) is 2. The molecule has 1 aliphatic rings. The highest BCUT2D eigenvalue weighted by atomic mass is 16.2. The standard InChI is InChI=1S/C14H25N5O/c1-3-6-11-12(15)13(18-17-11)14(20)16-9-10-7-4-5-8-19(10)2/h10H,3-9,15H2,1-2H3,(H,16,20)(H,17,18). The molecule has 0 bridgehead atoms. The van der Waals surface area contributed by atoms with Crippen LogP contribution < -0.4 is 11.1 Å². The normalized spacial score (nSPS) is 20.0. The van der Waals surface area contributed by atoms with Crippen molar-refractivity contribution in [2.45, 2.75) is 45.1 Å². The van der Waals surface area contributed by atoms with E-state index in [9.17, 15) is 4.79 Å². The molecule has 20 heavy (non-hydrogen) atoms. The highest BCUT2D eigenvalue weighted by Gasteiger charge is 2.21. The number of aryl methyl sites for hydroxylation is 1. The van der Waals surface area contributed by atoms with Crippen molar-refractivity contribution in [2.75, 3.05) is 25.9 Å². The van der Waals surface area contributed by atoms with Crippen molar-refractivity contribution in [1.29, 1.82) is 0 Å². The van der Waals surface area contributed by atoms with Gasteiger partial charge in [0.25, 0.3) is 5.91 Å². The fourth-order valence-corrected chi connectivity index (χ4v) is 2.70. The maximum Gasteiger partial charge on any atom is 0.273 e. The van der Waals surface area contributed by atoms with Crippen molar-refractivity contribution in [3.05, 3.63) is 11.4 Å². The van der Waals surface area contributed by atoms with Crippen molar-refractivity contribution in [1.82, 2.24) is 20.4 Å². The number of nitrogens with two attached hydrogens (primary N) is 1. The maximum absolute atomic E-state index is 12.1. The zero-order valence-electron chi connectivity index (χ0n) is 12.4. The van der Waals surface area contributed by atoms with Crippen LogP contribution in [0.2, 0.25) is 0 Å². The van der Waals surface area contributed by atoms with Crippen LogP contribution in [0.3, 0.4) is 0 Å². The van der Waals surface area contributed by atoms with Gasteiger partial charge in [-0.1, -0.05) is 19.8 Å². The van der Waals surface area contributed by atoms with Gasteiger partial charge in [0.2, 0.25) is 0 Å². The lowest BCUT2D eigenvalue weighted by Crippen LogP contribution is -2.44. The Balaban J connectivity index is 1.91. The number of rotatable bonds is 5. The van der Waals surface area contributed by atoms with Gasteiger partial charge in [0, 0.05) is 12.6 Å². The summed E-state index contributed by atoms with van der Waals surface area (Å²) in [5, 5.41) is 9.85. The lowest BCUT2D eigenvalue weighted by molar-refractivity contribution is 0.0924. The summed E-state index contributed by atoms with van der Waals surface area (Å²) in [7, 11) is 2.11. The second kappa shape index (κ2) is 6.74. The van der Waals surface area contributed by atoms with Gasteiger partial charge in [0.05, 0.1) is 11.4 Å². The molecule has 2 rings (SSSR count). The molecule has 1 aliphatic heterocycles. The van der Waals surface area contributed by atoms with Crippen molar-refractivity contribution in [3.63, 3.8) is 0 Å². The summed E-state index contributed by atoms with van der Waals surface area (Å²) in [5.41, 5.74) is 7.63. The molecule has 1 saturated heterocycles. The molecule has 1 atom stereocenters. The first kappa shape index (κ1) is 14.8. The van der Waals surface area contributed by atoms with Crippen molar-refractivity contribution >= 4 is 11.6 Å². The second-order valence-corrected chi connectivity index (χ2v) is 5.55. The van der Waals surface area contributed by atoms with E-state index in [1.165, 1.54) is 12.8 Å². The average molecular weight is 279 g/mol. The SMILES string of the molecule is CCCc1[nH]nc(C(=O)NCC2CCCCN2C)c1N. The Morgan fingerprint density at radius 3 is 3.05 bits per heavy atom. The van der Waals surface area contributed by atoms with Gasteiger partial charge < -0.3 is 16.0 Å². The van der Waals surface area contributed by atoms with Crippen LogP contribution in [-0.4, -0.2) is 47.2 Å². The van der Waals surface area contributed by atoms with E-state index in [1.807, 2.05) is 0 Å². The maximum atomic E-state index is 12.1. The molecule has 2 heterocycles. The van der Waals surface area contributed by atoms with Gasteiger partial charge in [-0.05, 0) is 32.9 Å². The predicted molar refractivity (Wildman–Crippen MR) is 79.6 cm³/mol. The lowest BCUT2D eigenvalue weighted by Gasteiger charge is -2.32. The van der Waals surface area contributed by atoms with Crippen LogP contribution >= 0.6 is 0 Å². The van der Waals surface area contributed by atoms with Gasteiger partial charge in [-0.3, -0.25) is 9.89 Å². The largest absolute Gasteiger partial charge is 0.395 e. The van der Waals surface area contributed by atoms with Crippen LogP contribution in [0.25, 0.3) is 0 Å². The first-order valence-corrected chi connectivity index (χ1v) is 7.44. The van der Waals surface area contributed by atoms with E-state index in [4.69, 9.17) is 5.73 Å². The number of carbonyl (C=O) groups is 1. The Bertz CT molecular complexity index is 456. The summed E-state index contributed by atoms with van der Waals surface area (Å²) in [4.78, 5) is 14.4. The molecule has 1 fully saturated rings. The van der Waals surface area contributed by atoms with Crippen LogP contribution in [-0.2, 0) is 6.42 Å².